The van der Waals surface area contributed by atoms with Crippen molar-refractivity contribution in [3.63, 3.8) is 0 Å². The molecule has 0 bridgehead atoms. The van der Waals surface area contributed by atoms with Crippen LogP contribution in [0.2, 0.25) is 5.02 Å². The molecule has 0 aliphatic carbocycles. The third kappa shape index (κ3) is 4.70. The van der Waals surface area contributed by atoms with Crippen molar-refractivity contribution in [3.8, 4) is 0 Å². The van der Waals surface area contributed by atoms with E-state index in [9.17, 15) is 0 Å². The highest BCUT2D eigenvalue weighted by Crippen LogP contribution is 2.26. The standard InChI is InChI=1S/C21H25ClN6/c1-5-28(6-2)17-8-10-18(15(4)12-17)24-20-13-23-27-21(26-20)25-19-9-7-16(22)11-14(19)3/h7-13H,5-6H2,1-4H3,(H2,24,25,26,27). The van der Waals surface area contributed by atoms with Gasteiger partial charge < -0.3 is 15.5 Å². The summed E-state index contributed by atoms with van der Waals surface area (Å²) >= 11 is 6.01. The summed E-state index contributed by atoms with van der Waals surface area (Å²) in [6.07, 6.45) is 1.61. The fourth-order valence-corrected chi connectivity index (χ4v) is 3.24. The lowest BCUT2D eigenvalue weighted by Gasteiger charge is -2.22. The number of halogens is 1. The summed E-state index contributed by atoms with van der Waals surface area (Å²) in [7, 11) is 0. The van der Waals surface area contributed by atoms with Gasteiger partial charge in [0.1, 0.15) is 0 Å². The van der Waals surface area contributed by atoms with Crippen molar-refractivity contribution >= 4 is 40.4 Å². The van der Waals surface area contributed by atoms with Gasteiger partial charge in [-0.05, 0) is 75.2 Å². The molecule has 0 unspecified atom stereocenters. The molecule has 0 aliphatic heterocycles. The lowest BCUT2D eigenvalue weighted by molar-refractivity contribution is 0.866. The van der Waals surface area contributed by atoms with Crippen LogP contribution in [0.3, 0.4) is 0 Å². The van der Waals surface area contributed by atoms with E-state index in [-0.39, 0.29) is 0 Å². The highest BCUT2D eigenvalue weighted by molar-refractivity contribution is 6.30. The number of hydrogen-bond acceptors (Lipinski definition) is 6. The number of aryl methyl sites for hydroxylation is 2. The molecular weight excluding hydrogens is 372 g/mol. The van der Waals surface area contributed by atoms with Crippen LogP contribution in [0, 0.1) is 13.8 Å². The molecule has 1 heterocycles. The molecule has 0 radical (unpaired) electrons. The maximum absolute atomic E-state index is 6.01. The predicted molar refractivity (Wildman–Crippen MR) is 117 cm³/mol. The maximum Gasteiger partial charge on any atom is 0.249 e. The number of benzene rings is 2. The van der Waals surface area contributed by atoms with E-state index < -0.39 is 0 Å². The minimum atomic E-state index is 0.424. The predicted octanol–water partition coefficient (Wildman–Crippen LogP) is 5.48. The summed E-state index contributed by atoms with van der Waals surface area (Å²) < 4.78 is 0. The van der Waals surface area contributed by atoms with Gasteiger partial charge in [0.2, 0.25) is 5.95 Å². The van der Waals surface area contributed by atoms with E-state index in [1.165, 1.54) is 5.69 Å². The largest absolute Gasteiger partial charge is 0.372 e. The molecule has 0 spiro atoms. The van der Waals surface area contributed by atoms with Crippen LogP contribution >= 0.6 is 11.6 Å². The van der Waals surface area contributed by atoms with Crippen molar-refractivity contribution in [2.24, 2.45) is 0 Å². The Morgan fingerprint density at radius 1 is 0.929 bits per heavy atom. The molecule has 3 rings (SSSR count). The molecule has 0 saturated heterocycles. The van der Waals surface area contributed by atoms with E-state index >= 15 is 0 Å². The highest BCUT2D eigenvalue weighted by Gasteiger charge is 2.08. The number of rotatable bonds is 7. The summed E-state index contributed by atoms with van der Waals surface area (Å²) in [5.41, 5.74) is 5.26. The number of aromatic nitrogens is 3. The van der Waals surface area contributed by atoms with Gasteiger partial charge in [-0.3, -0.25) is 0 Å². The van der Waals surface area contributed by atoms with Crippen molar-refractivity contribution in [1.82, 2.24) is 15.2 Å². The van der Waals surface area contributed by atoms with Crippen molar-refractivity contribution in [3.05, 3.63) is 58.7 Å². The number of nitrogens with one attached hydrogen (secondary N) is 2. The molecule has 6 nitrogen and oxygen atoms in total. The Morgan fingerprint density at radius 3 is 2.29 bits per heavy atom. The molecule has 1 aromatic heterocycles. The first-order chi connectivity index (χ1) is 13.5. The van der Waals surface area contributed by atoms with E-state index in [1.54, 1.807) is 6.20 Å². The summed E-state index contributed by atoms with van der Waals surface area (Å²) in [4.78, 5) is 6.84. The van der Waals surface area contributed by atoms with Crippen molar-refractivity contribution in [2.45, 2.75) is 27.7 Å². The van der Waals surface area contributed by atoms with Gasteiger partial charge in [-0.2, -0.15) is 10.1 Å². The van der Waals surface area contributed by atoms with Crippen LogP contribution in [0.25, 0.3) is 0 Å². The summed E-state index contributed by atoms with van der Waals surface area (Å²) in [5, 5.41) is 15.3. The van der Waals surface area contributed by atoms with E-state index in [0.29, 0.717) is 16.8 Å². The van der Waals surface area contributed by atoms with Crippen molar-refractivity contribution in [2.75, 3.05) is 28.6 Å². The molecule has 0 atom stereocenters. The van der Waals surface area contributed by atoms with Crippen LogP contribution in [0.4, 0.5) is 28.8 Å². The third-order valence-corrected chi connectivity index (χ3v) is 4.83. The number of hydrogen-bond donors (Lipinski definition) is 2. The smallest absolute Gasteiger partial charge is 0.249 e. The van der Waals surface area contributed by atoms with Gasteiger partial charge in [0.05, 0.1) is 6.20 Å². The van der Waals surface area contributed by atoms with Crippen LogP contribution in [0.1, 0.15) is 25.0 Å². The first-order valence-corrected chi connectivity index (χ1v) is 9.73. The molecule has 3 aromatic rings. The minimum Gasteiger partial charge on any atom is -0.372 e. The monoisotopic (exact) mass is 396 g/mol. The van der Waals surface area contributed by atoms with Crippen molar-refractivity contribution in [1.29, 1.82) is 0 Å². The Balaban J connectivity index is 1.77. The van der Waals surface area contributed by atoms with Crippen LogP contribution in [0.5, 0.6) is 0 Å². The van der Waals surface area contributed by atoms with E-state index in [2.05, 4.69) is 69.7 Å². The minimum absolute atomic E-state index is 0.424. The van der Waals surface area contributed by atoms with E-state index in [0.717, 1.165) is 35.6 Å². The summed E-state index contributed by atoms with van der Waals surface area (Å²) in [5.74, 6) is 1.05. The zero-order valence-corrected chi connectivity index (χ0v) is 17.4. The van der Waals surface area contributed by atoms with Gasteiger partial charge in [0.25, 0.3) is 0 Å². The zero-order chi connectivity index (χ0) is 20.1. The normalized spacial score (nSPS) is 10.6. The second-order valence-electron chi connectivity index (χ2n) is 6.55. The lowest BCUT2D eigenvalue weighted by Crippen LogP contribution is -2.21. The van der Waals surface area contributed by atoms with Gasteiger partial charge in [-0.1, -0.05) is 11.6 Å². The van der Waals surface area contributed by atoms with E-state index in [4.69, 9.17) is 11.6 Å². The molecule has 28 heavy (non-hydrogen) atoms. The van der Waals surface area contributed by atoms with Gasteiger partial charge in [0.15, 0.2) is 5.82 Å². The van der Waals surface area contributed by atoms with Crippen molar-refractivity contribution < 1.29 is 0 Å². The average Bonchev–Trinajstić information content (AvgIpc) is 2.67. The SMILES string of the molecule is CCN(CC)c1ccc(Nc2cnnc(Nc3ccc(Cl)cc3C)n2)c(C)c1. The Kier molecular flexibility index (Phi) is 6.31. The summed E-state index contributed by atoms with van der Waals surface area (Å²) in [6, 6.07) is 12.0. The van der Waals surface area contributed by atoms with Gasteiger partial charge in [0, 0.05) is 35.2 Å². The first-order valence-electron chi connectivity index (χ1n) is 9.35. The average molecular weight is 397 g/mol. The molecule has 2 aromatic carbocycles. The first kappa shape index (κ1) is 19.9. The molecule has 0 amide bonds. The lowest BCUT2D eigenvalue weighted by atomic mass is 10.1. The van der Waals surface area contributed by atoms with Crippen LogP contribution in [-0.4, -0.2) is 28.3 Å². The molecule has 0 aliphatic rings. The number of anilines is 5. The van der Waals surface area contributed by atoms with Crippen LogP contribution < -0.4 is 15.5 Å². The number of nitrogens with zero attached hydrogens (tertiary/aromatic N) is 4. The van der Waals surface area contributed by atoms with Crippen LogP contribution in [0.15, 0.2) is 42.6 Å². The molecule has 0 fully saturated rings. The fourth-order valence-electron chi connectivity index (χ4n) is 3.02. The van der Waals surface area contributed by atoms with E-state index in [1.807, 2.05) is 25.1 Å². The summed E-state index contributed by atoms with van der Waals surface area (Å²) in [6.45, 7) is 10.4. The van der Waals surface area contributed by atoms with Gasteiger partial charge in [-0.15, -0.1) is 5.10 Å². The maximum atomic E-state index is 6.01. The molecule has 0 saturated carbocycles. The van der Waals surface area contributed by atoms with Crippen LogP contribution in [-0.2, 0) is 0 Å². The van der Waals surface area contributed by atoms with Gasteiger partial charge >= 0.3 is 0 Å². The quantitative estimate of drug-likeness (QED) is 0.551. The highest BCUT2D eigenvalue weighted by atomic mass is 35.5. The Bertz CT molecular complexity index is 955. The fraction of sp³-hybridized carbons (Fsp3) is 0.286. The molecule has 7 heteroatoms. The second-order valence-corrected chi connectivity index (χ2v) is 6.98. The Hall–Kier alpha value is -2.86. The second kappa shape index (κ2) is 8.89. The Labute approximate surface area is 171 Å². The molecule has 2 N–H and O–H groups in total. The third-order valence-electron chi connectivity index (χ3n) is 4.60. The molecule has 146 valence electrons. The topological polar surface area (TPSA) is 66.0 Å². The molecular formula is C21H25ClN6. The Morgan fingerprint density at radius 2 is 1.61 bits per heavy atom. The zero-order valence-electron chi connectivity index (χ0n) is 16.6. The van der Waals surface area contributed by atoms with Gasteiger partial charge in [-0.25, -0.2) is 0 Å².